The summed E-state index contributed by atoms with van der Waals surface area (Å²) in [7, 11) is 1.44. The van der Waals surface area contributed by atoms with Crippen molar-refractivity contribution in [3.63, 3.8) is 0 Å². The van der Waals surface area contributed by atoms with Gasteiger partial charge in [0.2, 0.25) is 0 Å². The van der Waals surface area contributed by atoms with Crippen LogP contribution in [0.3, 0.4) is 0 Å². The molecule has 0 amide bonds. The molecule has 29 heavy (non-hydrogen) atoms. The van der Waals surface area contributed by atoms with Gasteiger partial charge in [0, 0.05) is 25.2 Å². The molecule has 1 N–H and O–H groups in total. The molecule has 158 valence electrons. The third-order valence-electron chi connectivity index (χ3n) is 5.49. The van der Waals surface area contributed by atoms with E-state index in [1.54, 1.807) is 18.7 Å². The number of hydrogen-bond donors (Lipinski definition) is 1. The van der Waals surface area contributed by atoms with E-state index in [4.69, 9.17) is 4.74 Å². The van der Waals surface area contributed by atoms with Gasteiger partial charge in [-0.3, -0.25) is 0 Å². The van der Waals surface area contributed by atoms with Crippen molar-refractivity contribution < 1.29 is 22.3 Å². The Hall–Kier alpha value is -2.44. The van der Waals surface area contributed by atoms with Crippen molar-refractivity contribution >= 4 is 11.4 Å². The van der Waals surface area contributed by atoms with Crippen molar-refractivity contribution in [2.75, 3.05) is 37.0 Å². The Kier molecular flexibility index (Phi) is 5.96. The van der Waals surface area contributed by atoms with Crippen LogP contribution < -0.4 is 15.0 Å². The summed E-state index contributed by atoms with van der Waals surface area (Å²) in [6.07, 6.45) is -4.56. The first-order valence-corrected chi connectivity index (χ1v) is 9.60. The van der Waals surface area contributed by atoms with E-state index in [1.807, 2.05) is 24.3 Å². The van der Waals surface area contributed by atoms with Gasteiger partial charge in [0.05, 0.1) is 24.4 Å². The normalized spacial score (nSPS) is 15.5. The summed E-state index contributed by atoms with van der Waals surface area (Å²) < 4.78 is 61.1. The van der Waals surface area contributed by atoms with Crippen LogP contribution in [0.25, 0.3) is 0 Å². The smallest absolute Gasteiger partial charge is 0.393 e. The number of rotatable bonds is 6. The zero-order valence-electron chi connectivity index (χ0n) is 16.8. The summed E-state index contributed by atoms with van der Waals surface area (Å²) in [4.78, 5) is 1.78. The number of benzene rings is 2. The lowest BCUT2D eigenvalue weighted by Gasteiger charge is -2.38. The van der Waals surface area contributed by atoms with Crippen molar-refractivity contribution in [2.24, 2.45) is 5.92 Å². The van der Waals surface area contributed by atoms with Crippen LogP contribution in [0.15, 0.2) is 42.5 Å². The van der Waals surface area contributed by atoms with E-state index in [-0.39, 0.29) is 13.0 Å². The molecule has 7 heteroatoms. The molecule has 1 atom stereocenters. The Morgan fingerprint density at radius 1 is 1.14 bits per heavy atom. The van der Waals surface area contributed by atoms with Crippen LogP contribution in [0.2, 0.25) is 0 Å². The maximum absolute atomic E-state index is 14.0. The maximum Gasteiger partial charge on any atom is 0.393 e. The van der Waals surface area contributed by atoms with E-state index in [9.17, 15) is 17.6 Å². The topological polar surface area (TPSA) is 24.5 Å². The number of nitrogens with one attached hydrogen (secondary N) is 1. The van der Waals surface area contributed by atoms with Crippen LogP contribution >= 0.6 is 0 Å². The van der Waals surface area contributed by atoms with Gasteiger partial charge in [-0.15, -0.1) is 0 Å². The Balaban J connectivity index is 1.88. The van der Waals surface area contributed by atoms with Crippen LogP contribution in [0.4, 0.5) is 28.9 Å². The van der Waals surface area contributed by atoms with Gasteiger partial charge in [-0.2, -0.15) is 13.2 Å². The van der Waals surface area contributed by atoms with Gasteiger partial charge in [0.15, 0.2) is 0 Å². The van der Waals surface area contributed by atoms with Crippen LogP contribution in [-0.2, 0) is 5.41 Å². The monoisotopic (exact) mass is 410 g/mol. The molecule has 2 aromatic carbocycles. The van der Waals surface area contributed by atoms with Crippen molar-refractivity contribution in [2.45, 2.75) is 31.9 Å². The largest absolute Gasteiger partial charge is 0.496 e. The zero-order valence-corrected chi connectivity index (χ0v) is 16.8. The molecular weight excluding hydrogens is 384 g/mol. The first-order valence-electron chi connectivity index (χ1n) is 9.60. The maximum atomic E-state index is 14.0. The molecule has 3 nitrogen and oxygen atoms in total. The van der Waals surface area contributed by atoms with Gasteiger partial charge in [0.25, 0.3) is 0 Å². The molecule has 0 saturated carbocycles. The van der Waals surface area contributed by atoms with Gasteiger partial charge in [-0.05, 0) is 42.2 Å². The molecule has 0 bridgehead atoms. The highest BCUT2D eigenvalue weighted by atomic mass is 19.4. The summed E-state index contributed by atoms with van der Waals surface area (Å²) in [6, 6.07) is 11.4. The third kappa shape index (κ3) is 4.77. The molecule has 0 saturated heterocycles. The van der Waals surface area contributed by atoms with E-state index >= 15 is 0 Å². The average molecular weight is 410 g/mol. The second-order valence-electron chi connectivity index (χ2n) is 8.06. The second-order valence-corrected chi connectivity index (χ2v) is 8.06. The van der Waals surface area contributed by atoms with Gasteiger partial charge >= 0.3 is 6.18 Å². The molecule has 1 aliphatic rings. The molecule has 1 heterocycles. The molecule has 1 unspecified atom stereocenters. The molecule has 1 aliphatic heterocycles. The van der Waals surface area contributed by atoms with Crippen molar-refractivity contribution in [1.29, 1.82) is 0 Å². The summed E-state index contributed by atoms with van der Waals surface area (Å²) in [5.74, 6) is -1.67. The number of ether oxygens (including phenoxy) is 1. The molecule has 0 aliphatic carbocycles. The number of anilines is 2. The van der Waals surface area contributed by atoms with Crippen LogP contribution in [0, 0.1) is 11.7 Å². The number of halogens is 4. The minimum absolute atomic E-state index is 0.150. The molecular formula is C22H26F4N2O. The second kappa shape index (κ2) is 8.13. The van der Waals surface area contributed by atoms with E-state index in [2.05, 4.69) is 5.32 Å². The highest BCUT2D eigenvalue weighted by Crippen LogP contribution is 2.42. The summed E-state index contributed by atoms with van der Waals surface area (Å²) in [5, 5.41) is 3.22. The fourth-order valence-electron chi connectivity index (χ4n) is 4.02. The molecule has 3 rings (SSSR count). The SMILES string of the molecule is COc1ccc(F)cc1C(C)(C)CC(CN1CCNc2ccccc21)C(F)(F)F. The predicted octanol–water partition coefficient (Wildman–Crippen LogP) is 5.61. The van der Waals surface area contributed by atoms with Crippen LogP contribution in [0.5, 0.6) is 5.75 Å². The molecule has 2 aromatic rings. The van der Waals surface area contributed by atoms with Gasteiger partial charge in [-0.1, -0.05) is 26.0 Å². The van der Waals surface area contributed by atoms with Crippen molar-refractivity contribution in [1.82, 2.24) is 0 Å². The van der Waals surface area contributed by atoms with E-state index < -0.39 is 23.3 Å². The number of para-hydroxylation sites is 2. The predicted molar refractivity (Wildman–Crippen MR) is 107 cm³/mol. The quantitative estimate of drug-likeness (QED) is 0.626. The van der Waals surface area contributed by atoms with Crippen molar-refractivity contribution in [3.8, 4) is 5.75 Å². The Morgan fingerprint density at radius 3 is 2.55 bits per heavy atom. The van der Waals surface area contributed by atoms with E-state index in [0.717, 1.165) is 11.4 Å². The number of methoxy groups -OCH3 is 1. The first-order chi connectivity index (χ1) is 13.6. The average Bonchev–Trinajstić information content (AvgIpc) is 2.67. The van der Waals surface area contributed by atoms with Crippen molar-refractivity contribution in [3.05, 3.63) is 53.8 Å². The molecule has 0 aromatic heterocycles. The third-order valence-corrected chi connectivity index (χ3v) is 5.49. The Bertz CT molecular complexity index is 851. The number of hydrogen-bond acceptors (Lipinski definition) is 3. The summed E-state index contributed by atoms with van der Waals surface area (Å²) in [5.41, 5.74) is 1.12. The minimum Gasteiger partial charge on any atom is -0.496 e. The van der Waals surface area contributed by atoms with Crippen LogP contribution in [-0.4, -0.2) is 32.9 Å². The lowest BCUT2D eigenvalue weighted by molar-refractivity contribution is -0.177. The lowest BCUT2D eigenvalue weighted by Crippen LogP contribution is -2.43. The molecule has 0 radical (unpaired) electrons. The number of fused-ring (bicyclic) bond motifs is 1. The fourth-order valence-corrected chi connectivity index (χ4v) is 4.02. The summed E-state index contributed by atoms with van der Waals surface area (Å²) in [6.45, 7) is 4.34. The standard InChI is InChI=1S/C22H26F4N2O/c1-21(2,17-12-16(23)8-9-20(17)29-3)13-15(22(24,25)26)14-28-11-10-27-18-6-4-5-7-19(18)28/h4-9,12,15,27H,10-11,13-14H2,1-3H3. The first kappa shape index (κ1) is 21.3. The summed E-state index contributed by atoms with van der Waals surface area (Å²) >= 11 is 0. The lowest BCUT2D eigenvalue weighted by atomic mass is 9.76. The number of nitrogens with zero attached hydrogens (tertiary/aromatic N) is 1. The van der Waals surface area contributed by atoms with E-state index in [0.29, 0.717) is 24.4 Å². The van der Waals surface area contributed by atoms with E-state index in [1.165, 1.54) is 25.3 Å². The zero-order chi connectivity index (χ0) is 21.2. The Labute approximate surface area is 168 Å². The molecule has 0 spiro atoms. The minimum atomic E-state index is -4.38. The molecule has 0 fully saturated rings. The highest BCUT2D eigenvalue weighted by molar-refractivity contribution is 5.71. The van der Waals surface area contributed by atoms with Gasteiger partial charge < -0.3 is 15.0 Å². The van der Waals surface area contributed by atoms with Gasteiger partial charge in [-0.25, -0.2) is 4.39 Å². The van der Waals surface area contributed by atoms with Crippen LogP contribution in [0.1, 0.15) is 25.8 Å². The highest BCUT2D eigenvalue weighted by Gasteiger charge is 2.44. The number of alkyl halides is 3. The Morgan fingerprint density at radius 2 is 1.86 bits per heavy atom. The fraction of sp³-hybridized carbons (Fsp3) is 0.455. The van der Waals surface area contributed by atoms with Gasteiger partial charge in [0.1, 0.15) is 11.6 Å².